The Bertz CT molecular complexity index is 2160. The van der Waals surface area contributed by atoms with Crippen molar-refractivity contribution in [1.29, 1.82) is 0 Å². The highest BCUT2D eigenvalue weighted by Gasteiger charge is 2.37. The number of thioether (sulfide) groups is 4. The van der Waals surface area contributed by atoms with Crippen molar-refractivity contribution in [2.75, 3.05) is 74.8 Å². The van der Waals surface area contributed by atoms with Crippen molar-refractivity contribution in [2.24, 2.45) is 0 Å². The van der Waals surface area contributed by atoms with Gasteiger partial charge in [-0.25, -0.2) is 4.79 Å². The molecule has 508 valence electrons. The van der Waals surface area contributed by atoms with E-state index in [2.05, 4.69) is 102 Å². The molecule has 2 amide bonds. The number of aliphatic hydroxyl groups excluding tert-OH is 6. The predicted molar refractivity (Wildman–Crippen MR) is 380 cm³/mol. The lowest BCUT2D eigenvalue weighted by Crippen LogP contribution is -2.43. The average Bonchev–Trinajstić information content (AvgIpc) is 3.66. The SMILES string of the molecule is C1CSCSC1.CC(C)(C)[Si](C)(C)Cl.CC(C)(C)[Si](C)(C)OCC1=CC(O)CCC1.CCOC1=CC(=O)CCC1.CO.O=C(NCCO)NC1C=C(CO)CCC1.O=C1C=C(C2SCCCS2)CCC1.O=CC1=CC(=O)CCC1.OCC1=CC(O)CCC1. The van der Waals surface area contributed by atoms with Gasteiger partial charge in [-0.3, -0.25) is 19.2 Å². The average molecular weight is 1370 g/mol. The summed E-state index contributed by atoms with van der Waals surface area (Å²) < 4.78 is 11.9. The highest BCUT2D eigenvalue weighted by Crippen LogP contribution is 2.40. The summed E-state index contributed by atoms with van der Waals surface area (Å²) in [4.78, 5) is 53.9. The number of urea groups is 1. The Morgan fingerprint density at radius 3 is 1.56 bits per heavy atom. The fourth-order valence-electron chi connectivity index (χ4n) is 8.45. The van der Waals surface area contributed by atoms with Gasteiger partial charge in [0.05, 0.1) is 55.6 Å². The van der Waals surface area contributed by atoms with Gasteiger partial charge >= 0.3 is 6.03 Å². The van der Waals surface area contributed by atoms with Crippen LogP contribution in [-0.2, 0) is 28.3 Å². The molecule has 3 unspecified atom stereocenters. The highest BCUT2D eigenvalue weighted by molar-refractivity contribution is 8.18. The van der Waals surface area contributed by atoms with Crippen molar-refractivity contribution in [2.45, 2.75) is 236 Å². The fraction of sp³-hybridized carbons (Fsp3) is 0.742. The van der Waals surface area contributed by atoms with Crippen LogP contribution >= 0.6 is 58.1 Å². The molecule has 0 bridgehead atoms. The summed E-state index contributed by atoms with van der Waals surface area (Å²) in [7, 11) is -2.02. The van der Waals surface area contributed by atoms with Crippen molar-refractivity contribution >= 4 is 103 Å². The second kappa shape index (κ2) is 49.6. The third-order valence-corrected chi connectivity index (χ3v) is 30.9. The summed E-state index contributed by atoms with van der Waals surface area (Å²) >= 11 is 14.3. The van der Waals surface area contributed by atoms with Gasteiger partial charge in [0.1, 0.15) is 6.29 Å². The minimum absolute atomic E-state index is 0.000377. The number of carbonyl (C=O) groups is 5. The van der Waals surface area contributed by atoms with Gasteiger partial charge in [-0.15, -0.1) is 23.5 Å². The molecule has 8 aliphatic rings. The summed E-state index contributed by atoms with van der Waals surface area (Å²) in [6.45, 7) is 25.9. The lowest BCUT2D eigenvalue weighted by atomic mass is 9.96. The number of aliphatic hydroxyl groups is 6. The van der Waals surface area contributed by atoms with Crippen molar-refractivity contribution < 1.29 is 63.8 Å². The quantitative estimate of drug-likeness (QED) is 0.0391. The molecule has 0 radical (unpaired) electrons. The van der Waals surface area contributed by atoms with E-state index in [-0.39, 0.29) is 67.3 Å². The standard InChI is InChI=1S/C13H26O2Si.C10H18N2O3.C10H14OS2.C8H12O2.C7H12O2.C7H8O2.C6H15ClSi.C4H8S2.CH4O/c1-13(2,3)16(4,5)15-10-11-7-6-8-12(14)9-11;13-5-4-11-10(15)12-9-3-1-2-8(6-9)7-14;11-9-4-1-3-8(7-9)10-12-5-2-6-13-10;1-2-10-8-5-3-4-7(9)6-8;2*8-5-6-2-1-3-7(9)4-6;1-6(2,3)8(4,5)7;1-2-5-4-6-3-1;1-2/h9,12,14H,6-8,10H2,1-5H3;6,9,13-14H,1-5,7H2,(H2,11,12,15);7,10H,1-6H2;6H,2-5H2,1H3;4,7-9H,1-3,5H2;4-5H,1-3H2;1-5H3;1-4H2;2H,1H3. The van der Waals surface area contributed by atoms with E-state index in [1.165, 1.54) is 58.2 Å². The van der Waals surface area contributed by atoms with Gasteiger partial charge in [0.2, 0.25) is 0 Å². The summed E-state index contributed by atoms with van der Waals surface area (Å²) in [6, 6.07) is -0.274. The Kier molecular flexibility index (Phi) is 48.5. The molecule has 3 atom stereocenters. The molecule has 2 heterocycles. The number of carbonyl (C=O) groups excluding carboxylic acids is 5. The molecule has 2 fully saturated rings. The number of aldehydes is 1. The van der Waals surface area contributed by atoms with E-state index in [1.54, 1.807) is 12.2 Å². The number of allylic oxidation sites excluding steroid dienone is 5. The predicted octanol–water partition coefficient (Wildman–Crippen LogP) is 13.7. The normalized spacial score (nSPS) is 21.4. The van der Waals surface area contributed by atoms with Crippen LogP contribution < -0.4 is 10.6 Å². The first-order valence-corrected chi connectivity index (χ1v) is 43.2. The van der Waals surface area contributed by atoms with E-state index in [0.717, 1.165) is 133 Å². The number of hydrogen-bond acceptors (Lipinski definition) is 17. The van der Waals surface area contributed by atoms with Crippen molar-refractivity contribution in [1.82, 2.24) is 10.6 Å². The van der Waals surface area contributed by atoms with E-state index >= 15 is 0 Å². The molecule has 0 saturated carbocycles. The molecule has 6 aliphatic carbocycles. The van der Waals surface area contributed by atoms with Crippen LogP contribution in [-0.4, -0.2) is 174 Å². The first-order valence-electron chi connectivity index (χ1n) is 31.8. The summed E-state index contributed by atoms with van der Waals surface area (Å²) in [5.74, 6) is 6.82. The van der Waals surface area contributed by atoms with Gasteiger partial charge in [0, 0.05) is 56.5 Å². The van der Waals surface area contributed by atoms with Gasteiger partial charge in [0.15, 0.2) is 33.1 Å². The first-order chi connectivity index (χ1) is 41.6. The van der Waals surface area contributed by atoms with Crippen LogP contribution in [0.4, 0.5) is 4.79 Å². The maximum absolute atomic E-state index is 11.2. The topological polar surface area (TPSA) is 249 Å². The van der Waals surface area contributed by atoms with Crippen LogP contribution in [0.1, 0.15) is 177 Å². The minimum atomic E-state index is -1.63. The molecule has 0 aromatic carbocycles. The monoisotopic (exact) mass is 1360 g/mol. The third kappa shape index (κ3) is 42.3. The second-order valence-electron chi connectivity index (χ2n) is 25.4. The van der Waals surface area contributed by atoms with Crippen LogP contribution in [0.25, 0.3) is 0 Å². The Hall–Kier alpha value is -1.97. The molecule has 88 heavy (non-hydrogen) atoms. The first kappa shape index (κ1) is 86.0. The summed E-state index contributed by atoms with van der Waals surface area (Å²) in [5.41, 5.74) is 5.28. The number of hydrogen-bond donors (Lipinski definition) is 8. The Morgan fingerprint density at radius 2 is 1.14 bits per heavy atom. The largest absolute Gasteiger partial charge is 0.498 e. The van der Waals surface area contributed by atoms with E-state index < -0.39 is 15.7 Å². The summed E-state index contributed by atoms with van der Waals surface area (Å²) in [6.07, 6.45) is 30.0. The number of nitrogens with one attached hydrogen (secondary N) is 2. The van der Waals surface area contributed by atoms with Gasteiger partial charge in [-0.1, -0.05) is 72.9 Å². The maximum atomic E-state index is 11.2. The van der Waals surface area contributed by atoms with Gasteiger partial charge in [-0.2, -0.15) is 34.6 Å². The summed E-state index contributed by atoms with van der Waals surface area (Å²) in [5, 5.41) is 58.9. The molecule has 15 nitrogen and oxygen atoms in total. The van der Waals surface area contributed by atoms with E-state index in [1.807, 2.05) is 48.7 Å². The molecule has 8 rings (SSSR count). The number of ether oxygens (including phenoxy) is 1. The van der Waals surface area contributed by atoms with Crippen LogP contribution in [0, 0.1) is 0 Å². The van der Waals surface area contributed by atoms with Crippen molar-refractivity contribution in [3.63, 3.8) is 0 Å². The third-order valence-electron chi connectivity index (χ3n) is 15.6. The fourth-order valence-corrected chi connectivity index (χ4v) is 14.7. The smallest absolute Gasteiger partial charge is 0.315 e. The van der Waals surface area contributed by atoms with Crippen LogP contribution in [0.3, 0.4) is 0 Å². The molecule has 0 aromatic rings. The zero-order valence-electron chi connectivity index (χ0n) is 55.8. The Labute approximate surface area is 555 Å². The number of amides is 2. The molecule has 0 aromatic heterocycles. The van der Waals surface area contributed by atoms with E-state index in [0.29, 0.717) is 47.0 Å². The zero-order valence-corrected chi connectivity index (χ0v) is 61.8. The van der Waals surface area contributed by atoms with Crippen LogP contribution in [0.2, 0.25) is 36.3 Å². The Balaban J connectivity index is 0.000000994. The van der Waals surface area contributed by atoms with Crippen LogP contribution in [0.15, 0.2) is 70.1 Å². The van der Waals surface area contributed by atoms with Crippen molar-refractivity contribution in [3.05, 3.63) is 70.1 Å². The minimum Gasteiger partial charge on any atom is -0.498 e. The molecular formula is C66H117ClN2O13S4Si2. The molecule has 0 spiro atoms. The van der Waals surface area contributed by atoms with E-state index in [9.17, 15) is 29.1 Å². The Morgan fingerprint density at radius 1 is 0.648 bits per heavy atom. The zero-order chi connectivity index (χ0) is 66.6. The lowest BCUT2D eigenvalue weighted by Gasteiger charge is -2.36. The molecule has 8 N–H and O–H groups in total. The second-order valence-corrected chi connectivity index (χ2v) is 42.8. The van der Waals surface area contributed by atoms with Gasteiger partial charge in [0.25, 0.3) is 0 Å². The molecule has 2 aliphatic heterocycles. The van der Waals surface area contributed by atoms with Gasteiger partial charge < -0.3 is 50.4 Å². The lowest BCUT2D eigenvalue weighted by molar-refractivity contribution is -0.116. The number of halogens is 1. The van der Waals surface area contributed by atoms with Gasteiger partial charge in [-0.05, 0) is 196 Å². The van der Waals surface area contributed by atoms with Crippen LogP contribution in [0.5, 0.6) is 0 Å². The highest BCUT2D eigenvalue weighted by atomic mass is 35.6. The molecular weight excluding hydrogens is 1250 g/mol. The number of rotatable bonds is 12. The molecule has 2 saturated heterocycles. The molecule has 22 heteroatoms. The van der Waals surface area contributed by atoms with E-state index in [4.69, 9.17) is 45.8 Å². The van der Waals surface area contributed by atoms with Crippen molar-refractivity contribution in [3.8, 4) is 0 Å². The maximum Gasteiger partial charge on any atom is 0.315 e. The number of ketones is 3.